The van der Waals surface area contributed by atoms with Gasteiger partial charge in [-0.15, -0.1) is 0 Å². The van der Waals surface area contributed by atoms with Crippen molar-refractivity contribution in [2.75, 3.05) is 46.0 Å². The second-order valence-electron chi connectivity index (χ2n) is 10.0. The second kappa shape index (κ2) is 11.2. The molecule has 0 atom stereocenters. The minimum Gasteiger partial charge on any atom is -0.494 e. The average Bonchev–Trinajstić information content (AvgIpc) is 3.28. The summed E-state index contributed by atoms with van der Waals surface area (Å²) in [7, 11) is 0. The van der Waals surface area contributed by atoms with Crippen LogP contribution in [0.4, 0.5) is 0 Å². The van der Waals surface area contributed by atoms with Crippen molar-refractivity contribution in [1.82, 2.24) is 14.8 Å². The molecular formula is C29H36ClN3O3. The zero-order valence-corrected chi connectivity index (χ0v) is 22.1. The molecule has 5 rings (SSSR count). The smallest absolute Gasteiger partial charge is 0.270 e. The number of rotatable bonds is 7. The highest BCUT2D eigenvalue weighted by Crippen LogP contribution is 2.28. The number of nitrogens with one attached hydrogen (secondary N) is 1. The number of halogens is 1. The van der Waals surface area contributed by atoms with Gasteiger partial charge in [0.1, 0.15) is 11.4 Å². The first-order chi connectivity index (χ1) is 17.5. The Labute approximate surface area is 218 Å². The summed E-state index contributed by atoms with van der Waals surface area (Å²) in [5.74, 6) is 0.958. The lowest BCUT2D eigenvalue weighted by atomic mass is 10.0. The fraction of sp³-hybridized carbons (Fsp3) is 0.483. The van der Waals surface area contributed by atoms with Crippen molar-refractivity contribution >= 4 is 28.4 Å². The number of para-hydroxylation sites is 1. The highest BCUT2D eigenvalue weighted by atomic mass is 35.5. The SMILES string of the molecule is Cc1cc(OCCCc2c(C(=O)N3CCC(N4CCOCC4)CC3)[nH]c3ccccc23)cc(C)c1Cl. The molecule has 1 N–H and O–H groups in total. The summed E-state index contributed by atoms with van der Waals surface area (Å²) in [6.07, 6.45) is 3.65. The zero-order chi connectivity index (χ0) is 25.1. The maximum Gasteiger partial charge on any atom is 0.270 e. The molecule has 3 aromatic rings. The third-order valence-corrected chi connectivity index (χ3v) is 8.19. The summed E-state index contributed by atoms with van der Waals surface area (Å²) >= 11 is 6.29. The molecule has 1 amide bonds. The van der Waals surface area contributed by atoms with E-state index in [0.29, 0.717) is 12.6 Å². The van der Waals surface area contributed by atoms with Crippen molar-refractivity contribution in [3.05, 3.63) is 63.8 Å². The van der Waals surface area contributed by atoms with Crippen molar-refractivity contribution in [2.45, 2.75) is 45.6 Å². The van der Waals surface area contributed by atoms with Gasteiger partial charge in [0.05, 0.1) is 19.8 Å². The van der Waals surface area contributed by atoms with Gasteiger partial charge >= 0.3 is 0 Å². The van der Waals surface area contributed by atoms with E-state index in [1.807, 2.05) is 43.0 Å². The van der Waals surface area contributed by atoms with Crippen LogP contribution in [0.5, 0.6) is 5.75 Å². The number of hydrogen-bond acceptors (Lipinski definition) is 4. The summed E-state index contributed by atoms with van der Waals surface area (Å²) in [5, 5.41) is 1.92. The molecule has 0 radical (unpaired) electrons. The lowest BCUT2D eigenvalue weighted by Gasteiger charge is -2.40. The molecule has 2 fully saturated rings. The Balaban J connectivity index is 1.24. The number of fused-ring (bicyclic) bond motifs is 1. The number of aromatic amines is 1. The normalized spacial score (nSPS) is 17.6. The van der Waals surface area contributed by atoms with E-state index in [4.69, 9.17) is 21.1 Å². The van der Waals surface area contributed by atoms with Gasteiger partial charge in [-0.25, -0.2) is 0 Å². The van der Waals surface area contributed by atoms with E-state index in [1.165, 1.54) is 0 Å². The van der Waals surface area contributed by atoms with Crippen LogP contribution in [0.2, 0.25) is 5.02 Å². The van der Waals surface area contributed by atoms with Crippen molar-refractivity contribution in [3.63, 3.8) is 0 Å². The van der Waals surface area contributed by atoms with Crippen LogP contribution in [0.15, 0.2) is 36.4 Å². The first kappa shape index (κ1) is 25.1. The van der Waals surface area contributed by atoms with Crippen molar-refractivity contribution < 1.29 is 14.3 Å². The van der Waals surface area contributed by atoms with Crippen LogP contribution >= 0.6 is 11.6 Å². The summed E-state index contributed by atoms with van der Waals surface area (Å²) < 4.78 is 11.5. The molecule has 0 unspecified atom stereocenters. The molecule has 3 heterocycles. The fourth-order valence-electron chi connectivity index (χ4n) is 5.61. The standard InChI is InChI=1S/C29H36ClN3O3/c1-20-18-23(19-21(2)27(20)30)36-15-5-7-25-24-6-3-4-8-26(24)31-28(25)29(34)33-11-9-22(10-12-33)32-13-16-35-17-14-32/h3-4,6,8,18-19,22,31H,5,7,9-17H2,1-2H3. The summed E-state index contributed by atoms with van der Waals surface area (Å²) in [6.45, 7) is 9.81. The Bertz CT molecular complexity index is 1190. The number of aromatic nitrogens is 1. The molecule has 2 aromatic carbocycles. The van der Waals surface area contributed by atoms with Crippen LogP contribution in [0.1, 0.15) is 46.4 Å². The second-order valence-corrected chi connectivity index (χ2v) is 10.4. The molecule has 1 aromatic heterocycles. The van der Waals surface area contributed by atoms with E-state index >= 15 is 0 Å². The number of piperidine rings is 1. The van der Waals surface area contributed by atoms with Crippen LogP contribution in [0, 0.1) is 13.8 Å². The first-order valence-electron chi connectivity index (χ1n) is 13.1. The van der Waals surface area contributed by atoms with Crippen LogP contribution in [0.3, 0.4) is 0 Å². The number of carbonyl (C=O) groups is 1. The maximum absolute atomic E-state index is 13.7. The third-order valence-electron chi connectivity index (χ3n) is 7.59. The highest BCUT2D eigenvalue weighted by molar-refractivity contribution is 6.32. The van der Waals surface area contributed by atoms with E-state index in [1.54, 1.807) is 0 Å². The number of hydrogen-bond donors (Lipinski definition) is 1. The number of benzene rings is 2. The maximum atomic E-state index is 13.7. The lowest BCUT2D eigenvalue weighted by molar-refractivity contribution is 0.00152. The number of nitrogens with zero attached hydrogens (tertiary/aromatic N) is 2. The molecule has 192 valence electrons. The fourth-order valence-corrected chi connectivity index (χ4v) is 5.71. The Hall–Kier alpha value is -2.54. The number of likely N-dealkylation sites (tertiary alicyclic amines) is 1. The third kappa shape index (κ3) is 5.41. The van der Waals surface area contributed by atoms with E-state index in [9.17, 15) is 4.79 Å². The van der Waals surface area contributed by atoms with E-state index < -0.39 is 0 Å². The molecule has 7 heteroatoms. The summed E-state index contributed by atoms with van der Waals surface area (Å²) in [5.41, 5.74) is 4.89. The molecule has 0 spiro atoms. The quantitative estimate of drug-likeness (QED) is 0.434. The molecule has 6 nitrogen and oxygen atoms in total. The van der Waals surface area contributed by atoms with Crippen LogP contribution in [0.25, 0.3) is 10.9 Å². The van der Waals surface area contributed by atoms with Gasteiger partial charge in [0.2, 0.25) is 0 Å². The molecule has 0 bridgehead atoms. The molecule has 0 aliphatic carbocycles. The van der Waals surface area contributed by atoms with Gasteiger partial charge in [-0.1, -0.05) is 29.8 Å². The highest BCUT2D eigenvalue weighted by Gasteiger charge is 2.30. The van der Waals surface area contributed by atoms with Gasteiger partial charge in [-0.05, 0) is 74.4 Å². The van der Waals surface area contributed by atoms with E-state index in [2.05, 4.69) is 22.0 Å². The average molecular weight is 510 g/mol. The monoisotopic (exact) mass is 509 g/mol. The minimum absolute atomic E-state index is 0.117. The number of ether oxygens (including phenoxy) is 2. The molecule has 2 aliphatic heterocycles. The van der Waals surface area contributed by atoms with Crippen molar-refractivity contribution in [1.29, 1.82) is 0 Å². The van der Waals surface area contributed by atoms with Crippen LogP contribution in [-0.4, -0.2) is 72.7 Å². The van der Waals surface area contributed by atoms with Crippen molar-refractivity contribution in [3.8, 4) is 5.75 Å². The Morgan fingerprint density at radius 3 is 2.50 bits per heavy atom. The Kier molecular flexibility index (Phi) is 7.85. The number of morpholine rings is 1. The van der Waals surface area contributed by atoms with E-state index in [0.717, 1.165) is 109 Å². The first-order valence-corrected chi connectivity index (χ1v) is 13.5. The van der Waals surface area contributed by atoms with Gasteiger partial charge < -0.3 is 19.4 Å². The molecular weight excluding hydrogens is 474 g/mol. The molecule has 2 aliphatic rings. The van der Waals surface area contributed by atoms with Gasteiger partial charge in [0.15, 0.2) is 0 Å². The van der Waals surface area contributed by atoms with Crippen LogP contribution in [-0.2, 0) is 11.2 Å². The largest absolute Gasteiger partial charge is 0.494 e. The predicted molar refractivity (Wildman–Crippen MR) is 144 cm³/mol. The lowest BCUT2D eigenvalue weighted by Crippen LogP contribution is -2.50. The molecule has 36 heavy (non-hydrogen) atoms. The Morgan fingerprint density at radius 1 is 1.08 bits per heavy atom. The zero-order valence-electron chi connectivity index (χ0n) is 21.3. The molecule has 2 saturated heterocycles. The summed E-state index contributed by atoms with van der Waals surface area (Å²) in [4.78, 5) is 21.7. The van der Waals surface area contributed by atoms with Crippen molar-refractivity contribution in [2.24, 2.45) is 0 Å². The van der Waals surface area contributed by atoms with Gasteiger partial charge in [0, 0.05) is 48.1 Å². The number of H-pyrrole nitrogens is 1. The molecule has 0 saturated carbocycles. The summed E-state index contributed by atoms with van der Waals surface area (Å²) in [6, 6.07) is 12.7. The topological polar surface area (TPSA) is 57.8 Å². The number of carbonyl (C=O) groups excluding carboxylic acids is 1. The predicted octanol–water partition coefficient (Wildman–Crippen LogP) is 5.39. The minimum atomic E-state index is 0.117. The van der Waals surface area contributed by atoms with E-state index in [-0.39, 0.29) is 5.91 Å². The Morgan fingerprint density at radius 2 is 1.78 bits per heavy atom. The number of amides is 1. The number of aryl methyl sites for hydroxylation is 3. The van der Waals surface area contributed by atoms with Crippen LogP contribution < -0.4 is 4.74 Å². The van der Waals surface area contributed by atoms with Gasteiger partial charge in [-0.2, -0.15) is 0 Å². The van der Waals surface area contributed by atoms with Gasteiger partial charge in [0.25, 0.3) is 5.91 Å². The van der Waals surface area contributed by atoms with Gasteiger partial charge in [-0.3, -0.25) is 9.69 Å².